The van der Waals surface area contributed by atoms with Gasteiger partial charge in [-0.3, -0.25) is 0 Å². The van der Waals surface area contributed by atoms with Gasteiger partial charge < -0.3 is 0 Å². The van der Waals surface area contributed by atoms with Gasteiger partial charge in [0.05, 0.1) is 16.1 Å². The molecular formula is C6H3Br2N3. The predicted octanol–water partition coefficient (Wildman–Crippen LogP) is 2.35. The maximum Gasteiger partial charge on any atom is 0.128 e. The highest BCUT2D eigenvalue weighted by atomic mass is 79.9. The Morgan fingerprint density at radius 2 is 2.18 bits per heavy atom. The van der Waals surface area contributed by atoms with Crippen LogP contribution in [0, 0.1) is 0 Å². The van der Waals surface area contributed by atoms with Crippen LogP contribution in [-0.4, -0.2) is 14.0 Å². The molecule has 2 aromatic rings. The molecule has 3 nitrogen and oxygen atoms in total. The highest BCUT2D eigenvalue weighted by molar-refractivity contribution is 9.10. The number of hydrogen-bond donors (Lipinski definition) is 0. The van der Waals surface area contributed by atoms with E-state index in [1.807, 2.05) is 18.2 Å². The molecule has 0 aliphatic heterocycles. The molecule has 0 bridgehead atoms. The van der Waals surface area contributed by atoms with Crippen LogP contribution in [0.5, 0.6) is 0 Å². The molecule has 2 rings (SSSR count). The Morgan fingerprint density at radius 1 is 1.36 bits per heavy atom. The first-order valence-electron chi connectivity index (χ1n) is 2.95. The van der Waals surface area contributed by atoms with Crippen LogP contribution in [0.3, 0.4) is 0 Å². The summed E-state index contributed by atoms with van der Waals surface area (Å²) in [6, 6.07) is 5.81. The fourth-order valence-corrected chi connectivity index (χ4v) is 1.68. The molecule has 11 heavy (non-hydrogen) atoms. The van der Waals surface area contributed by atoms with Crippen molar-refractivity contribution in [2.75, 3.05) is 0 Å². The van der Waals surface area contributed by atoms with Gasteiger partial charge in [-0.1, -0.05) is 11.3 Å². The molecule has 0 aliphatic rings. The predicted molar refractivity (Wildman–Crippen MR) is 49.6 cm³/mol. The molecule has 0 spiro atoms. The molecule has 56 valence electrons. The third-order valence-electron chi connectivity index (χ3n) is 1.39. The van der Waals surface area contributed by atoms with E-state index in [0.717, 1.165) is 15.5 Å². The molecule has 1 aromatic carbocycles. The van der Waals surface area contributed by atoms with Crippen molar-refractivity contribution < 1.29 is 0 Å². The topological polar surface area (TPSA) is 30.7 Å². The fourth-order valence-electron chi connectivity index (χ4n) is 0.884. The third kappa shape index (κ3) is 1.08. The van der Waals surface area contributed by atoms with E-state index in [9.17, 15) is 0 Å². The molecule has 1 aromatic heterocycles. The van der Waals surface area contributed by atoms with Crippen LogP contribution >= 0.6 is 32.1 Å². The summed E-state index contributed by atoms with van der Waals surface area (Å²) in [5.74, 6) is 0. The Labute approximate surface area is 79.9 Å². The van der Waals surface area contributed by atoms with Crippen molar-refractivity contribution in [1.82, 2.24) is 14.0 Å². The molecule has 0 N–H and O–H groups in total. The second-order valence-corrected chi connectivity index (χ2v) is 3.58. The zero-order valence-electron chi connectivity index (χ0n) is 5.33. The summed E-state index contributed by atoms with van der Waals surface area (Å²) in [6.45, 7) is 0. The lowest BCUT2D eigenvalue weighted by Gasteiger charge is -1.89. The average molecular weight is 277 g/mol. The van der Waals surface area contributed by atoms with Crippen LogP contribution in [0.15, 0.2) is 22.7 Å². The largest absolute Gasteiger partial charge is 0.177 e. The molecule has 0 fully saturated rings. The van der Waals surface area contributed by atoms with E-state index >= 15 is 0 Å². The molecule has 0 saturated carbocycles. The molecule has 0 radical (unpaired) electrons. The second-order valence-electron chi connectivity index (χ2n) is 2.06. The van der Waals surface area contributed by atoms with Crippen molar-refractivity contribution in [3.05, 3.63) is 22.7 Å². The average Bonchev–Trinajstić information content (AvgIpc) is 2.35. The van der Waals surface area contributed by atoms with E-state index in [4.69, 9.17) is 0 Å². The molecule has 1 heterocycles. The molecule has 0 amide bonds. The zero-order chi connectivity index (χ0) is 7.84. The Balaban J connectivity index is 2.94. The Morgan fingerprint density at radius 3 is 2.91 bits per heavy atom. The minimum absolute atomic E-state index is 0.865. The lowest BCUT2D eigenvalue weighted by Crippen LogP contribution is -1.79. The maximum atomic E-state index is 3.94. The first-order chi connectivity index (χ1) is 5.29. The lowest BCUT2D eigenvalue weighted by atomic mass is 10.3. The summed E-state index contributed by atoms with van der Waals surface area (Å²) in [5, 5.41) is 7.75. The van der Waals surface area contributed by atoms with Gasteiger partial charge in [0.15, 0.2) is 0 Å². The van der Waals surface area contributed by atoms with E-state index < -0.39 is 0 Å². The minimum atomic E-state index is 0.865. The van der Waals surface area contributed by atoms with Gasteiger partial charge in [-0.15, -0.1) is 5.10 Å². The standard InChI is InChI=1S/C6H3Br2N3/c7-4-2-1-3-5-6(4)9-10-11(5)8/h1-3H. The van der Waals surface area contributed by atoms with Gasteiger partial charge in [-0.2, -0.15) is 3.71 Å². The Hall–Kier alpha value is -0.420. The van der Waals surface area contributed by atoms with Gasteiger partial charge in [-0.05, 0) is 28.1 Å². The lowest BCUT2D eigenvalue weighted by molar-refractivity contribution is 0.924. The Bertz CT molecular complexity index is 396. The van der Waals surface area contributed by atoms with Crippen molar-refractivity contribution in [2.24, 2.45) is 0 Å². The monoisotopic (exact) mass is 275 g/mol. The quantitative estimate of drug-likeness (QED) is 0.740. The SMILES string of the molecule is Brc1cccc2c1nnn2Br. The smallest absolute Gasteiger partial charge is 0.128 e. The first kappa shape index (κ1) is 7.24. The van der Waals surface area contributed by atoms with Crippen molar-refractivity contribution in [3.63, 3.8) is 0 Å². The maximum absolute atomic E-state index is 3.94. The normalized spacial score (nSPS) is 10.7. The molecule has 0 unspecified atom stereocenters. The number of rotatable bonds is 0. The van der Waals surface area contributed by atoms with Gasteiger partial charge in [0, 0.05) is 4.47 Å². The summed E-state index contributed by atoms with van der Waals surface area (Å²) < 4.78 is 2.52. The Kier molecular flexibility index (Phi) is 1.69. The minimum Gasteiger partial charge on any atom is -0.177 e. The highest BCUT2D eigenvalue weighted by Gasteiger charge is 2.03. The highest BCUT2D eigenvalue weighted by Crippen LogP contribution is 2.21. The number of nitrogens with zero attached hydrogens (tertiary/aromatic N) is 3. The van der Waals surface area contributed by atoms with Crippen molar-refractivity contribution in [2.45, 2.75) is 0 Å². The van der Waals surface area contributed by atoms with Gasteiger partial charge in [0.2, 0.25) is 0 Å². The molecule has 0 saturated heterocycles. The summed E-state index contributed by atoms with van der Waals surface area (Å²) >= 11 is 6.60. The second kappa shape index (κ2) is 2.57. The van der Waals surface area contributed by atoms with E-state index in [-0.39, 0.29) is 0 Å². The van der Waals surface area contributed by atoms with Crippen molar-refractivity contribution in [1.29, 1.82) is 0 Å². The molecule has 0 atom stereocenters. The van der Waals surface area contributed by atoms with Gasteiger partial charge in [0.1, 0.15) is 11.0 Å². The van der Waals surface area contributed by atoms with Crippen LogP contribution in [0.25, 0.3) is 11.0 Å². The zero-order valence-corrected chi connectivity index (χ0v) is 8.50. The van der Waals surface area contributed by atoms with Crippen molar-refractivity contribution >= 4 is 43.1 Å². The van der Waals surface area contributed by atoms with E-state index in [1.54, 1.807) is 3.71 Å². The third-order valence-corrected chi connectivity index (χ3v) is 2.55. The molecular weight excluding hydrogens is 274 g/mol. The summed E-state index contributed by atoms with van der Waals surface area (Å²) in [7, 11) is 0. The van der Waals surface area contributed by atoms with Gasteiger partial charge in [0.25, 0.3) is 0 Å². The summed E-state index contributed by atoms with van der Waals surface area (Å²) in [6.07, 6.45) is 0. The molecule has 5 heteroatoms. The van der Waals surface area contributed by atoms with Crippen LogP contribution < -0.4 is 0 Å². The van der Waals surface area contributed by atoms with Crippen LogP contribution in [0.1, 0.15) is 0 Å². The van der Waals surface area contributed by atoms with Crippen LogP contribution in [0.2, 0.25) is 0 Å². The van der Waals surface area contributed by atoms with E-state index in [2.05, 4.69) is 42.4 Å². The fraction of sp³-hybridized carbons (Fsp3) is 0. The first-order valence-corrected chi connectivity index (χ1v) is 4.45. The number of halogens is 2. The van der Waals surface area contributed by atoms with Crippen LogP contribution in [-0.2, 0) is 0 Å². The van der Waals surface area contributed by atoms with Crippen molar-refractivity contribution in [3.8, 4) is 0 Å². The molecule has 0 aliphatic carbocycles. The number of aromatic nitrogens is 3. The van der Waals surface area contributed by atoms with Gasteiger partial charge >= 0.3 is 0 Å². The van der Waals surface area contributed by atoms with Gasteiger partial charge in [-0.25, -0.2) is 0 Å². The van der Waals surface area contributed by atoms with E-state index in [1.165, 1.54) is 0 Å². The summed E-state index contributed by atoms with van der Waals surface area (Å²) in [5.41, 5.74) is 1.82. The number of hydrogen-bond acceptors (Lipinski definition) is 2. The number of fused-ring (bicyclic) bond motifs is 1. The number of benzene rings is 1. The van der Waals surface area contributed by atoms with Crippen LogP contribution in [0.4, 0.5) is 0 Å². The van der Waals surface area contributed by atoms with E-state index in [0.29, 0.717) is 0 Å². The summed E-state index contributed by atoms with van der Waals surface area (Å²) in [4.78, 5) is 0.